The van der Waals surface area contributed by atoms with E-state index in [-0.39, 0.29) is 5.91 Å². The highest BCUT2D eigenvalue weighted by atomic mass is 16.5. The van der Waals surface area contributed by atoms with E-state index in [0.717, 1.165) is 31.1 Å². The molecule has 0 atom stereocenters. The van der Waals surface area contributed by atoms with Crippen molar-refractivity contribution in [2.75, 3.05) is 25.5 Å². The number of aromatic amines is 1. The molecular weight excluding hydrogens is 244 g/mol. The Morgan fingerprint density at radius 3 is 2.89 bits per heavy atom. The summed E-state index contributed by atoms with van der Waals surface area (Å²) in [6, 6.07) is 0. The van der Waals surface area contributed by atoms with Gasteiger partial charge in [0.25, 0.3) is 5.91 Å². The van der Waals surface area contributed by atoms with Gasteiger partial charge in [0.2, 0.25) is 0 Å². The molecule has 1 heterocycles. The number of anilines is 1. The third kappa shape index (κ3) is 3.07. The minimum Gasteiger partial charge on any atom is -0.395 e. The number of rotatable bonds is 7. The fraction of sp³-hybridized carbons (Fsp3) is 0.692. The molecule has 104 valence electrons. The number of aromatic nitrogens is 2. The third-order valence-electron chi connectivity index (χ3n) is 3.62. The lowest BCUT2D eigenvalue weighted by molar-refractivity contribution is 0.0902. The molecule has 0 saturated heterocycles. The molecule has 1 aromatic rings. The molecule has 0 aliphatic heterocycles. The van der Waals surface area contributed by atoms with E-state index in [9.17, 15) is 4.79 Å². The van der Waals surface area contributed by atoms with Crippen molar-refractivity contribution in [3.63, 3.8) is 0 Å². The van der Waals surface area contributed by atoms with Crippen LogP contribution >= 0.6 is 0 Å². The van der Waals surface area contributed by atoms with Gasteiger partial charge in [-0.05, 0) is 31.6 Å². The fourth-order valence-corrected chi connectivity index (χ4v) is 2.08. The molecule has 2 aliphatic carbocycles. The monoisotopic (exact) mass is 264 g/mol. The molecule has 3 rings (SSSR count). The molecule has 0 radical (unpaired) electrons. The van der Waals surface area contributed by atoms with Gasteiger partial charge in [0.05, 0.1) is 18.0 Å². The van der Waals surface area contributed by atoms with Crippen LogP contribution in [0.15, 0.2) is 0 Å². The van der Waals surface area contributed by atoms with E-state index < -0.39 is 0 Å². The Morgan fingerprint density at radius 2 is 2.21 bits per heavy atom. The minimum atomic E-state index is -0.226. The Bertz CT molecular complexity index is 463. The van der Waals surface area contributed by atoms with Crippen molar-refractivity contribution in [2.45, 2.75) is 31.6 Å². The van der Waals surface area contributed by atoms with Crippen LogP contribution in [0.4, 0.5) is 5.69 Å². The molecule has 1 aromatic heterocycles. The second-order valence-electron chi connectivity index (χ2n) is 5.45. The van der Waals surface area contributed by atoms with E-state index in [0.29, 0.717) is 30.5 Å². The lowest BCUT2D eigenvalue weighted by Gasteiger charge is -2.05. The number of carbonyl (C=O) groups is 1. The van der Waals surface area contributed by atoms with Crippen molar-refractivity contribution < 1.29 is 9.53 Å². The molecule has 0 spiro atoms. The van der Waals surface area contributed by atoms with Crippen LogP contribution in [-0.2, 0) is 4.74 Å². The van der Waals surface area contributed by atoms with Gasteiger partial charge in [-0.25, -0.2) is 0 Å². The van der Waals surface area contributed by atoms with Gasteiger partial charge in [-0.1, -0.05) is 0 Å². The number of amides is 1. The largest absolute Gasteiger partial charge is 0.395 e. The average molecular weight is 264 g/mol. The number of nitrogens with one attached hydrogen (secondary N) is 2. The van der Waals surface area contributed by atoms with Crippen LogP contribution in [0, 0.1) is 5.92 Å². The van der Waals surface area contributed by atoms with Crippen molar-refractivity contribution in [1.29, 1.82) is 0 Å². The van der Waals surface area contributed by atoms with Gasteiger partial charge in [-0.3, -0.25) is 9.89 Å². The van der Waals surface area contributed by atoms with Gasteiger partial charge in [0.15, 0.2) is 5.69 Å². The molecule has 2 saturated carbocycles. The highest BCUT2D eigenvalue weighted by Gasteiger charge is 2.30. The predicted octanol–water partition coefficient (Wildman–Crippen LogP) is 1.03. The van der Waals surface area contributed by atoms with E-state index >= 15 is 0 Å². The van der Waals surface area contributed by atoms with Crippen molar-refractivity contribution in [3.05, 3.63) is 11.4 Å². The maximum Gasteiger partial charge on any atom is 0.274 e. The average Bonchev–Trinajstić information content (AvgIpc) is 3.29. The number of nitrogens with zero attached hydrogens (tertiary/aromatic N) is 1. The molecule has 6 nitrogen and oxygen atoms in total. The van der Waals surface area contributed by atoms with Crippen molar-refractivity contribution in [3.8, 4) is 0 Å². The lowest BCUT2D eigenvalue weighted by Crippen LogP contribution is -2.28. The first-order chi connectivity index (χ1) is 9.25. The summed E-state index contributed by atoms with van der Waals surface area (Å²) in [6.45, 7) is 1.85. The van der Waals surface area contributed by atoms with Crippen LogP contribution < -0.4 is 11.1 Å². The highest BCUT2D eigenvalue weighted by Crippen LogP contribution is 2.42. The summed E-state index contributed by atoms with van der Waals surface area (Å²) in [5.74, 6) is 0.991. The van der Waals surface area contributed by atoms with Crippen molar-refractivity contribution >= 4 is 11.6 Å². The molecule has 19 heavy (non-hydrogen) atoms. The molecule has 0 bridgehead atoms. The number of ether oxygens (including phenoxy) is 1. The number of hydrogen-bond donors (Lipinski definition) is 3. The molecule has 2 fully saturated rings. The SMILES string of the molecule is Nc1c(C(=O)NCCOCC2CC2)n[nH]c1C1CC1. The second kappa shape index (κ2) is 5.21. The van der Waals surface area contributed by atoms with E-state index in [1.54, 1.807) is 0 Å². The van der Waals surface area contributed by atoms with Crippen LogP contribution in [0.3, 0.4) is 0 Å². The fourth-order valence-electron chi connectivity index (χ4n) is 2.08. The van der Waals surface area contributed by atoms with Crippen molar-refractivity contribution in [1.82, 2.24) is 15.5 Å². The van der Waals surface area contributed by atoms with Crippen LogP contribution in [0.25, 0.3) is 0 Å². The Balaban J connectivity index is 1.43. The first-order valence-corrected chi connectivity index (χ1v) is 6.95. The zero-order chi connectivity index (χ0) is 13.2. The maximum atomic E-state index is 11.9. The summed E-state index contributed by atoms with van der Waals surface area (Å²) < 4.78 is 5.45. The summed E-state index contributed by atoms with van der Waals surface area (Å²) in [7, 11) is 0. The van der Waals surface area contributed by atoms with Crippen LogP contribution in [-0.4, -0.2) is 35.9 Å². The molecule has 4 N–H and O–H groups in total. The number of hydrogen-bond acceptors (Lipinski definition) is 4. The van der Waals surface area contributed by atoms with Crippen LogP contribution in [0.2, 0.25) is 0 Å². The standard InChI is InChI=1S/C13H20N4O2/c14-10-11(9-3-4-9)16-17-12(10)13(18)15-5-6-19-7-8-1-2-8/h8-9H,1-7,14H2,(H,15,18)(H,16,17). The zero-order valence-electron chi connectivity index (χ0n) is 10.9. The number of nitrogens with two attached hydrogens (primary N) is 1. The third-order valence-corrected chi connectivity index (χ3v) is 3.62. The van der Waals surface area contributed by atoms with Gasteiger partial charge >= 0.3 is 0 Å². The van der Waals surface area contributed by atoms with E-state index in [1.165, 1.54) is 12.8 Å². The molecule has 0 aromatic carbocycles. The van der Waals surface area contributed by atoms with E-state index in [1.807, 2.05) is 0 Å². The normalized spacial score (nSPS) is 18.5. The van der Waals surface area contributed by atoms with E-state index in [2.05, 4.69) is 15.5 Å². The maximum absolute atomic E-state index is 11.9. The van der Waals surface area contributed by atoms with Gasteiger partial charge < -0.3 is 15.8 Å². The van der Waals surface area contributed by atoms with Gasteiger partial charge in [0, 0.05) is 19.1 Å². The smallest absolute Gasteiger partial charge is 0.274 e. The molecule has 1 amide bonds. The summed E-state index contributed by atoms with van der Waals surface area (Å²) in [5, 5.41) is 9.67. The summed E-state index contributed by atoms with van der Waals surface area (Å²) in [4.78, 5) is 11.9. The first kappa shape index (κ1) is 12.5. The molecule has 2 aliphatic rings. The summed E-state index contributed by atoms with van der Waals surface area (Å²) in [6.07, 6.45) is 4.81. The van der Waals surface area contributed by atoms with Crippen LogP contribution in [0.1, 0.15) is 47.8 Å². The van der Waals surface area contributed by atoms with Gasteiger partial charge in [0.1, 0.15) is 0 Å². The number of H-pyrrole nitrogens is 1. The number of nitrogen functional groups attached to an aromatic ring is 1. The van der Waals surface area contributed by atoms with Crippen LogP contribution in [0.5, 0.6) is 0 Å². The minimum absolute atomic E-state index is 0.226. The topological polar surface area (TPSA) is 93.0 Å². The quantitative estimate of drug-likeness (QED) is 0.641. The molecule has 0 unspecified atom stereocenters. The Labute approximate surface area is 112 Å². The van der Waals surface area contributed by atoms with E-state index in [4.69, 9.17) is 10.5 Å². The Morgan fingerprint density at radius 1 is 1.42 bits per heavy atom. The lowest BCUT2D eigenvalue weighted by atomic mass is 10.2. The summed E-state index contributed by atoms with van der Waals surface area (Å²) >= 11 is 0. The predicted molar refractivity (Wildman–Crippen MR) is 70.9 cm³/mol. The summed E-state index contributed by atoms with van der Waals surface area (Å²) in [5.41, 5.74) is 7.66. The second-order valence-corrected chi connectivity index (χ2v) is 5.45. The highest BCUT2D eigenvalue weighted by molar-refractivity contribution is 5.97. The Hall–Kier alpha value is -1.56. The Kier molecular flexibility index (Phi) is 3.42. The van der Waals surface area contributed by atoms with Gasteiger partial charge in [-0.15, -0.1) is 0 Å². The molecule has 6 heteroatoms. The molecular formula is C13H20N4O2. The zero-order valence-corrected chi connectivity index (χ0v) is 10.9. The first-order valence-electron chi connectivity index (χ1n) is 6.95. The van der Waals surface area contributed by atoms with Gasteiger partial charge in [-0.2, -0.15) is 5.10 Å². The number of carbonyl (C=O) groups excluding carboxylic acids is 1. The van der Waals surface area contributed by atoms with Crippen molar-refractivity contribution in [2.24, 2.45) is 5.92 Å².